The fourth-order valence-corrected chi connectivity index (χ4v) is 0.840. The molecule has 0 aliphatic rings. The molecular weight excluding hydrogens is 154 g/mol. The number of aliphatic hydroxyl groups excluding tert-OH is 1. The minimum atomic E-state index is 0.0952. The second kappa shape index (κ2) is 7.10. The summed E-state index contributed by atoms with van der Waals surface area (Å²) in [6.07, 6.45) is 2.28. The Labute approximate surface area is 74.2 Å². The van der Waals surface area contributed by atoms with Gasteiger partial charge >= 0.3 is 0 Å². The highest BCUT2D eigenvalue weighted by atomic mass is 16.3. The van der Waals surface area contributed by atoms with Crippen LogP contribution in [0.2, 0.25) is 0 Å². The van der Waals surface area contributed by atoms with E-state index in [0.717, 1.165) is 6.42 Å². The lowest BCUT2D eigenvalue weighted by Crippen LogP contribution is -2.26. The number of nitrogens with one attached hydrogen (secondary N) is 1. The first-order chi connectivity index (χ1) is 5.70. The molecule has 0 rings (SSSR count). The summed E-state index contributed by atoms with van der Waals surface area (Å²) < 4.78 is 0. The molecule has 1 unspecified atom stereocenters. The Hall–Kier alpha value is -0.570. The maximum Gasteiger partial charge on any atom is 0.220 e. The first-order valence-electron chi connectivity index (χ1n) is 4.58. The topological polar surface area (TPSA) is 49.3 Å². The number of hydrogen-bond donors (Lipinski definition) is 2. The Morgan fingerprint density at radius 2 is 2.25 bits per heavy atom. The quantitative estimate of drug-likeness (QED) is 0.587. The molecule has 0 aliphatic carbocycles. The largest absolute Gasteiger partial charge is 0.396 e. The van der Waals surface area contributed by atoms with Crippen molar-refractivity contribution in [3.8, 4) is 0 Å². The van der Waals surface area contributed by atoms with Crippen LogP contribution in [0.15, 0.2) is 0 Å². The van der Waals surface area contributed by atoms with Crippen molar-refractivity contribution in [3.05, 3.63) is 0 Å². The summed E-state index contributed by atoms with van der Waals surface area (Å²) in [5.74, 6) is 0.553. The molecule has 3 heteroatoms. The van der Waals surface area contributed by atoms with E-state index in [9.17, 15) is 4.79 Å². The van der Waals surface area contributed by atoms with E-state index >= 15 is 0 Å². The molecule has 0 bridgehead atoms. The highest BCUT2D eigenvalue weighted by molar-refractivity contribution is 5.76. The Morgan fingerprint density at radius 1 is 1.58 bits per heavy atom. The fourth-order valence-electron chi connectivity index (χ4n) is 0.840. The van der Waals surface area contributed by atoms with Gasteiger partial charge in [0.1, 0.15) is 0 Å². The van der Waals surface area contributed by atoms with Gasteiger partial charge in [0.2, 0.25) is 5.91 Å². The first-order valence-corrected chi connectivity index (χ1v) is 4.58. The maximum absolute atomic E-state index is 11.1. The number of hydrogen-bond acceptors (Lipinski definition) is 2. The summed E-state index contributed by atoms with van der Waals surface area (Å²) in [5.41, 5.74) is 0. The fraction of sp³-hybridized carbons (Fsp3) is 0.889. The molecule has 0 heterocycles. The number of carbonyl (C=O) groups is 1. The molecule has 0 spiro atoms. The third kappa shape index (κ3) is 6.16. The first kappa shape index (κ1) is 11.4. The van der Waals surface area contributed by atoms with Gasteiger partial charge in [-0.15, -0.1) is 0 Å². The second-order valence-corrected chi connectivity index (χ2v) is 3.14. The molecule has 0 saturated heterocycles. The molecule has 2 N–H and O–H groups in total. The summed E-state index contributed by atoms with van der Waals surface area (Å²) >= 11 is 0. The van der Waals surface area contributed by atoms with Crippen molar-refractivity contribution >= 4 is 5.91 Å². The summed E-state index contributed by atoms with van der Waals surface area (Å²) in [5, 5.41) is 11.2. The smallest absolute Gasteiger partial charge is 0.220 e. The number of aliphatic hydroxyl groups is 1. The van der Waals surface area contributed by atoms with Crippen molar-refractivity contribution in [1.82, 2.24) is 5.32 Å². The highest BCUT2D eigenvalue weighted by Gasteiger charge is 2.05. The van der Waals surface area contributed by atoms with Crippen LogP contribution in [0.25, 0.3) is 0 Å². The number of carbonyl (C=O) groups excluding carboxylic acids is 1. The summed E-state index contributed by atoms with van der Waals surface area (Å²) in [7, 11) is 0. The third-order valence-electron chi connectivity index (χ3n) is 1.89. The van der Waals surface area contributed by atoms with Crippen LogP contribution in [-0.4, -0.2) is 24.2 Å². The van der Waals surface area contributed by atoms with Gasteiger partial charge in [-0.3, -0.25) is 4.79 Å². The molecule has 0 aliphatic heterocycles. The average molecular weight is 173 g/mol. The van der Waals surface area contributed by atoms with Crippen LogP contribution in [0.5, 0.6) is 0 Å². The normalized spacial score (nSPS) is 12.6. The molecule has 1 atom stereocenters. The van der Waals surface area contributed by atoms with Crippen molar-refractivity contribution < 1.29 is 9.90 Å². The molecule has 3 nitrogen and oxygen atoms in total. The molecule has 0 fully saturated rings. The lowest BCUT2D eigenvalue weighted by molar-refractivity contribution is -0.121. The summed E-state index contributed by atoms with van der Waals surface area (Å²) in [4.78, 5) is 11.1. The summed E-state index contributed by atoms with van der Waals surface area (Å²) in [6, 6.07) is 0. The van der Waals surface area contributed by atoms with Gasteiger partial charge in [0.15, 0.2) is 0 Å². The van der Waals surface area contributed by atoms with Gasteiger partial charge in [-0.25, -0.2) is 0 Å². The molecule has 0 aromatic heterocycles. The predicted octanol–water partition coefficient (Wildman–Crippen LogP) is 0.921. The van der Waals surface area contributed by atoms with Crippen LogP contribution in [0.3, 0.4) is 0 Å². The number of amides is 1. The van der Waals surface area contributed by atoms with Gasteiger partial charge in [0.25, 0.3) is 0 Å². The van der Waals surface area contributed by atoms with E-state index in [1.54, 1.807) is 0 Å². The molecular formula is C9H19NO2. The summed E-state index contributed by atoms with van der Waals surface area (Å²) in [6.45, 7) is 4.87. The van der Waals surface area contributed by atoms with E-state index in [1.165, 1.54) is 0 Å². The third-order valence-corrected chi connectivity index (χ3v) is 1.89. The lowest BCUT2D eigenvalue weighted by Gasteiger charge is -2.08. The van der Waals surface area contributed by atoms with E-state index in [2.05, 4.69) is 19.2 Å². The van der Waals surface area contributed by atoms with Gasteiger partial charge in [0, 0.05) is 19.6 Å². The second-order valence-electron chi connectivity index (χ2n) is 3.14. The van der Waals surface area contributed by atoms with E-state index in [4.69, 9.17) is 5.11 Å². The van der Waals surface area contributed by atoms with Crippen LogP contribution in [-0.2, 0) is 4.79 Å². The van der Waals surface area contributed by atoms with E-state index in [-0.39, 0.29) is 12.5 Å². The Bertz CT molecular complexity index is 126. The van der Waals surface area contributed by atoms with Gasteiger partial charge in [-0.05, 0) is 12.3 Å². The Balaban J connectivity index is 3.33. The highest BCUT2D eigenvalue weighted by Crippen LogP contribution is 2.05. The average Bonchev–Trinajstić information content (AvgIpc) is 2.05. The zero-order valence-corrected chi connectivity index (χ0v) is 7.97. The molecule has 0 aromatic rings. The van der Waals surface area contributed by atoms with Crippen LogP contribution in [0, 0.1) is 5.92 Å². The molecule has 0 aromatic carbocycles. The molecule has 0 saturated carbocycles. The molecule has 0 radical (unpaired) electrons. The number of rotatable bonds is 6. The van der Waals surface area contributed by atoms with Crippen LogP contribution in [0.4, 0.5) is 0 Å². The van der Waals surface area contributed by atoms with Crippen LogP contribution < -0.4 is 5.32 Å². The lowest BCUT2D eigenvalue weighted by atomic mass is 10.1. The van der Waals surface area contributed by atoms with E-state index < -0.39 is 0 Å². The standard InChI is InChI=1S/C9H19NO2/c1-3-8(2)7-9(12)10-5-4-6-11/h8,11H,3-7H2,1-2H3,(H,10,12). The van der Waals surface area contributed by atoms with E-state index in [1.807, 2.05) is 0 Å². The maximum atomic E-state index is 11.1. The minimum Gasteiger partial charge on any atom is -0.396 e. The monoisotopic (exact) mass is 173 g/mol. The van der Waals surface area contributed by atoms with Crippen molar-refractivity contribution in [2.75, 3.05) is 13.2 Å². The van der Waals surface area contributed by atoms with Gasteiger partial charge in [-0.1, -0.05) is 20.3 Å². The SMILES string of the molecule is CCC(C)CC(=O)NCCCO. The van der Waals surface area contributed by atoms with Crippen molar-refractivity contribution in [2.45, 2.75) is 33.1 Å². The van der Waals surface area contributed by atoms with Crippen molar-refractivity contribution in [2.24, 2.45) is 5.92 Å². The zero-order valence-electron chi connectivity index (χ0n) is 7.97. The molecule has 12 heavy (non-hydrogen) atoms. The van der Waals surface area contributed by atoms with Crippen LogP contribution in [0.1, 0.15) is 33.1 Å². The predicted molar refractivity (Wildman–Crippen MR) is 48.8 cm³/mol. The Morgan fingerprint density at radius 3 is 2.75 bits per heavy atom. The Kier molecular flexibility index (Phi) is 6.76. The van der Waals surface area contributed by atoms with Crippen LogP contribution >= 0.6 is 0 Å². The minimum absolute atomic E-state index is 0.0952. The molecule has 72 valence electrons. The van der Waals surface area contributed by atoms with Gasteiger partial charge < -0.3 is 10.4 Å². The van der Waals surface area contributed by atoms with Crippen molar-refractivity contribution in [3.63, 3.8) is 0 Å². The van der Waals surface area contributed by atoms with E-state index in [0.29, 0.717) is 25.3 Å². The van der Waals surface area contributed by atoms with Gasteiger partial charge in [-0.2, -0.15) is 0 Å². The van der Waals surface area contributed by atoms with Gasteiger partial charge in [0.05, 0.1) is 0 Å². The molecule has 1 amide bonds. The zero-order chi connectivity index (χ0) is 9.40. The van der Waals surface area contributed by atoms with Crippen molar-refractivity contribution in [1.29, 1.82) is 0 Å².